The van der Waals surface area contributed by atoms with Crippen molar-refractivity contribution in [2.45, 2.75) is 25.8 Å². The second-order valence-corrected chi connectivity index (χ2v) is 8.76. The first-order valence-electron chi connectivity index (χ1n) is 12.1. The molecule has 35 heavy (non-hydrogen) atoms. The number of amides is 1. The Labute approximate surface area is 205 Å². The Bertz CT molecular complexity index is 1060. The van der Waals surface area contributed by atoms with E-state index in [1.807, 2.05) is 0 Å². The summed E-state index contributed by atoms with van der Waals surface area (Å²) in [7, 11) is 0. The number of morpholine rings is 1. The summed E-state index contributed by atoms with van der Waals surface area (Å²) < 4.78 is 11.1. The largest absolute Gasteiger partial charge is 0.508 e. The van der Waals surface area contributed by atoms with Crippen LogP contribution in [0.3, 0.4) is 0 Å². The summed E-state index contributed by atoms with van der Waals surface area (Å²) in [6.45, 7) is 6.42. The van der Waals surface area contributed by atoms with Crippen LogP contribution in [0.5, 0.6) is 11.5 Å². The zero-order valence-electron chi connectivity index (χ0n) is 20.0. The maximum Gasteiger partial charge on any atom is 0.295 e. The Morgan fingerprint density at radius 1 is 1.03 bits per heavy atom. The van der Waals surface area contributed by atoms with Crippen molar-refractivity contribution in [1.82, 2.24) is 9.80 Å². The van der Waals surface area contributed by atoms with Crippen LogP contribution in [-0.2, 0) is 14.3 Å². The molecule has 2 aliphatic heterocycles. The molecule has 0 saturated carbocycles. The predicted molar refractivity (Wildman–Crippen MR) is 131 cm³/mol. The molecule has 0 spiro atoms. The number of rotatable bonds is 9. The number of phenols is 1. The van der Waals surface area contributed by atoms with Gasteiger partial charge >= 0.3 is 0 Å². The van der Waals surface area contributed by atoms with E-state index in [0.717, 1.165) is 25.9 Å². The Morgan fingerprint density at radius 2 is 1.71 bits per heavy atom. The smallest absolute Gasteiger partial charge is 0.295 e. The Hall–Kier alpha value is -3.36. The third kappa shape index (κ3) is 5.66. The minimum Gasteiger partial charge on any atom is -0.508 e. The van der Waals surface area contributed by atoms with Crippen molar-refractivity contribution in [2.75, 3.05) is 46.0 Å². The fourth-order valence-corrected chi connectivity index (χ4v) is 4.39. The third-order valence-electron chi connectivity index (χ3n) is 6.40. The number of hydrogen-bond donors (Lipinski definition) is 2. The Balaban J connectivity index is 1.65. The maximum absolute atomic E-state index is 13.2. The van der Waals surface area contributed by atoms with Crippen LogP contribution >= 0.6 is 0 Å². The molecule has 8 nitrogen and oxygen atoms in total. The second-order valence-electron chi connectivity index (χ2n) is 8.76. The number of aliphatic hydroxyl groups excluding tert-OH is 1. The lowest BCUT2D eigenvalue weighted by atomic mass is 9.95. The average Bonchev–Trinajstić information content (AvgIpc) is 3.13. The number of phenolic OH excluding ortho intramolecular Hbond substituents is 1. The molecule has 0 bridgehead atoms. The van der Waals surface area contributed by atoms with Gasteiger partial charge in [-0.15, -0.1) is 0 Å². The number of hydrogen-bond acceptors (Lipinski definition) is 7. The van der Waals surface area contributed by atoms with Crippen LogP contribution in [0.15, 0.2) is 54.1 Å². The number of ketones is 1. The van der Waals surface area contributed by atoms with E-state index in [2.05, 4.69) is 11.8 Å². The topological polar surface area (TPSA) is 99.5 Å². The molecule has 1 amide bonds. The summed E-state index contributed by atoms with van der Waals surface area (Å²) in [5.41, 5.74) is 1.12. The van der Waals surface area contributed by atoms with E-state index in [0.29, 0.717) is 49.8 Å². The van der Waals surface area contributed by atoms with E-state index >= 15 is 0 Å². The van der Waals surface area contributed by atoms with Gasteiger partial charge in [0.2, 0.25) is 0 Å². The number of ether oxygens (including phenoxy) is 2. The maximum atomic E-state index is 13.2. The molecule has 1 unspecified atom stereocenters. The minimum atomic E-state index is -0.753. The van der Waals surface area contributed by atoms with Crippen molar-refractivity contribution in [3.8, 4) is 11.5 Å². The van der Waals surface area contributed by atoms with Crippen molar-refractivity contribution >= 4 is 17.4 Å². The molecule has 2 aromatic rings. The van der Waals surface area contributed by atoms with Gasteiger partial charge in [-0.2, -0.15) is 0 Å². The highest BCUT2D eigenvalue weighted by molar-refractivity contribution is 6.46. The molecule has 2 heterocycles. The molecule has 4 rings (SSSR count). The molecule has 2 aromatic carbocycles. The fourth-order valence-electron chi connectivity index (χ4n) is 4.39. The van der Waals surface area contributed by atoms with Crippen LogP contribution in [0.25, 0.3) is 5.76 Å². The van der Waals surface area contributed by atoms with Crippen LogP contribution in [0.2, 0.25) is 0 Å². The number of carbonyl (C=O) groups is 2. The molecule has 0 aliphatic carbocycles. The first-order valence-corrected chi connectivity index (χ1v) is 12.1. The Kier molecular flexibility index (Phi) is 8.05. The summed E-state index contributed by atoms with van der Waals surface area (Å²) in [6.07, 6.45) is 1.98. The lowest BCUT2D eigenvalue weighted by molar-refractivity contribution is -0.140. The first kappa shape index (κ1) is 24.8. The molecule has 2 N–H and O–H groups in total. The molecular formula is C27H32N2O6. The zero-order valence-corrected chi connectivity index (χ0v) is 20.0. The van der Waals surface area contributed by atoms with Crippen LogP contribution in [0.4, 0.5) is 0 Å². The van der Waals surface area contributed by atoms with E-state index in [1.54, 1.807) is 36.4 Å². The van der Waals surface area contributed by atoms with Crippen molar-refractivity contribution in [1.29, 1.82) is 0 Å². The number of unbranched alkanes of at least 4 members (excludes halogenated alkanes) is 1. The van der Waals surface area contributed by atoms with Gasteiger partial charge in [0, 0.05) is 31.7 Å². The average molecular weight is 481 g/mol. The number of likely N-dealkylation sites (tertiary alicyclic amines) is 1. The van der Waals surface area contributed by atoms with Gasteiger partial charge in [0.05, 0.1) is 31.4 Å². The summed E-state index contributed by atoms with van der Waals surface area (Å²) in [4.78, 5) is 30.0. The highest BCUT2D eigenvalue weighted by atomic mass is 16.5. The van der Waals surface area contributed by atoms with E-state index in [-0.39, 0.29) is 17.1 Å². The molecular weight excluding hydrogens is 448 g/mol. The van der Waals surface area contributed by atoms with Crippen LogP contribution in [0.1, 0.15) is 36.9 Å². The molecule has 8 heteroatoms. The van der Waals surface area contributed by atoms with Gasteiger partial charge in [-0.25, -0.2) is 0 Å². The molecule has 0 aromatic heterocycles. The third-order valence-corrected chi connectivity index (χ3v) is 6.40. The van der Waals surface area contributed by atoms with Crippen molar-refractivity contribution in [3.05, 3.63) is 65.2 Å². The summed E-state index contributed by atoms with van der Waals surface area (Å²) in [6, 6.07) is 12.5. The molecule has 2 saturated heterocycles. The number of aliphatic hydroxyl groups is 1. The van der Waals surface area contributed by atoms with Gasteiger partial charge in [-0.05, 0) is 48.4 Å². The quantitative estimate of drug-likeness (QED) is 0.246. The van der Waals surface area contributed by atoms with Crippen molar-refractivity contribution < 1.29 is 29.3 Å². The lowest BCUT2D eigenvalue weighted by Gasteiger charge is -2.31. The van der Waals surface area contributed by atoms with Crippen LogP contribution in [-0.4, -0.2) is 77.7 Å². The number of benzene rings is 2. The van der Waals surface area contributed by atoms with E-state index in [4.69, 9.17) is 9.47 Å². The summed E-state index contributed by atoms with van der Waals surface area (Å²) >= 11 is 0. The van der Waals surface area contributed by atoms with E-state index < -0.39 is 17.7 Å². The number of aromatic hydroxyl groups is 1. The number of Topliss-reactive ketones (excluding diaryl/α,β-unsaturated/α-hetero) is 1. The fraction of sp³-hybridized carbons (Fsp3) is 0.407. The van der Waals surface area contributed by atoms with Gasteiger partial charge in [0.1, 0.15) is 17.3 Å². The van der Waals surface area contributed by atoms with Crippen LogP contribution < -0.4 is 4.74 Å². The highest BCUT2D eigenvalue weighted by Gasteiger charge is 2.46. The number of nitrogens with zero attached hydrogens (tertiary/aromatic N) is 2. The predicted octanol–water partition coefficient (Wildman–Crippen LogP) is 3.33. The van der Waals surface area contributed by atoms with Gasteiger partial charge in [0.25, 0.3) is 11.7 Å². The normalized spacial score (nSPS) is 20.4. The number of carbonyl (C=O) groups excluding carboxylic acids is 2. The molecule has 2 aliphatic rings. The first-order chi connectivity index (χ1) is 17.0. The van der Waals surface area contributed by atoms with Crippen LogP contribution in [0, 0.1) is 0 Å². The highest BCUT2D eigenvalue weighted by Crippen LogP contribution is 2.39. The van der Waals surface area contributed by atoms with Gasteiger partial charge in [0.15, 0.2) is 0 Å². The van der Waals surface area contributed by atoms with Crippen molar-refractivity contribution in [2.24, 2.45) is 0 Å². The van der Waals surface area contributed by atoms with Gasteiger partial charge in [-0.1, -0.05) is 25.5 Å². The SMILES string of the molecule is CCCCOc1ccc(/C(O)=C2\C(=O)C(=O)N(CCN3CCOCC3)C2c2ccc(O)cc2)cc1. The zero-order chi connectivity index (χ0) is 24.8. The monoisotopic (exact) mass is 480 g/mol. The molecule has 2 fully saturated rings. The molecule has 0 radical (unpaired) electrons. The Morgan fingerprint density at radius 3 is 2.37 bits per heavy atom. The van der Waals surface area contributed by atoms with E-state index in [9.17, 15) is 19.8 Å². The van der Waals surface area contributed by atoms with Crippen molar-refractivity contribution in [3.63, 3.8) is 0 Å². The second kappa shape index (κ2) is 11.4. The molecule has 186 valence electrons. The molecule has 1 atom stereocenters. The van der Waals surface area contributed by atoms with Gasteiger partial charge in [-0.3, -0.25) is 14.5 Å². The summed E-state index contributed by atoms with van der Waals surface area (Å²) in [5.74, 6) is -0.827. The minimum absolute atomic E-state index is 0.0438. The standard InChI is InChI=1S/C27H32N2O6/c1-2-3-16-35-22-10-6-20(7-11-22)25(31)23-24(19-4-8-21(30)9-5-19)29(27(33)26(23)32)13-12-28-14-17-34-18-15-28/h4-11,24,30-31H,2-3,12-18H2,1H3/b25-23+. The van der Waals surface area contributed by atoms with Gasteiger partial charge < -0.3 is 24.6 Å². The summed E-state index contributed by atoms with van der Waals surface area (Å²) in [5, 5.41) is 21.0. The lowest BCUT2D eigenvalue weighted by Crippen LogP contribution is -2.42. The van der Waals surface area contributed by atoms with E-state index in [1.165, 1.54) is 17.0 Å².